The van der Waals surface area contributed by atoms with Crippen LogP contribution in [0.2, 0.25) is 5.02 Å². The Morgan fingerprint density at radius 3 is 2.64 bits per heavy atom. The predicted molar refractivity (Wildman–Crippen MR) is 103 cm³/mol. The molecule has 9 heteroatoms. The maximum atomic E-state index is 12.8. The number of methoxy groups -OCH3 is 2. The first-order valence-corrected chi connectivity index (χ1v) is 8.58. The number of aliphatic hydroxyl groups is 1. The van der Waals surface area contributed by atoms with E-state index < -0.39 is 5.91 Å². The zero-order valence-electron chi connectivity index (χ0n) is 15.4. The van der Waals surface area contributed by atoms with Gasteiger partial charge in [0.2, 0.25) is 5.55 Å². The monoisotopic (exact) mass is 403 g/mol. The minimum Gasteiger partial charge on any atom is -0.495 e. The topological polar surface area (TPSA) is 118 Å². The van der Waals surface area contributed by atoms with Gasteiger partial charge in [0, 0.05) is 23.2 Å². The largest absolute Gasteiger partial charge is 0.495 e. The van der Waals surface area contributed by atoms with E-state index in [1.165, 1.54) is 32.5 Å². The predicted octanol–water partition coefficient (Wildman–Crippen LogP) is 3.03. The standard InChI is InChI=1S/C19H18ClN3O5/c1-9-17-11(10(8-24)7-22-9)4-12(18(21)28-17)19(25)23-14-5-13(20)15(26-2)6-16(14)27-3/h4-7,21,24H,8H2,1-3H3,(H,23,25). The summed E-state index contributed by atoms with van der Waals surface area (Å²) >= 11 is 6.13. The SMILES string of the molecule is COc1cc(OC)c(NC(=O)c2cc3c(CO)cnc(C)c3oc2=N)cc1Cl. The molecule has 28 heavy (non-hydrogen) atoms. The Morgan fingerprint density at radius 2 is 2.00 bits per heavy atom. The van der Waals surface area contributed by atoms with E-state index in [0.29, 0.717) is 39.4 Å². The molecule has 1 aromatic carbocycles. The quantitative estimate of drug-likeness (QED) is 0.602. The third kappa shape index (κ3) is 3.51. The molecule has 0 radical (unpaired) electrons. The molecule has 8 nitrogen and oxygen atoms in total. The summed E-state index contributed by atoms with van der Waals surface area (Å²) in [6, 6.07) is 4.53. The van der Waals surface area contributed by atoms with Crippen LogP contribution in [-0.4, -0.2) is 30.2 Å². The molecule has 0 spiro atoms. The van der Waals surface area contributed by atoms with Gasteiger partial charge in [0.25, 0.3) is 5.91 Å². The number of nitrogens with zero attached hydrogens (tertiary/aromatic N) is 1. The number of pyridine rings is 1. The van der Waals surface area contributed by atoms with E-state index >= 15 is 0 Å². The van der Waals surface area contributed by atoms with Crippen LogP contribution in [0, 0.1) is 12.3 Å². The van der Waals surface area contributed by atoms with Gasteiger partial charge >= 0.3 is 0 Å². The Bertz CT molecular complexity index is 1130. The molecule has 0 saturated heterocycles. The van der Waals surface area contributed by atoms with E-state index in [0.717, 1.165) is 0 Å². The molecule has 3 N–H and O–H groups in total. The van der Waals surface area contributed by atoms with E-state index in [4.69, 9.17) is 30.9 Å². The Morgan fingerprint density at radius 1 is 1.29 bits per heavy atom. The van der Waals surface area contributed by atoms with Gasteiger partial charge in [0.05, 0.1) is 37.2 Å². The fraction of sp³-hybridized carbons (Fsp3) is 0.211. The van der Waals surface area contributed by atoms with Crippen LogP contribution in [0.15, 0.2) is 28.8 Å². The summed E-state index contributed by atoms with van der Waals surface area (Å²) in [4.78, 5) is 16.9. The Balaban J connectivity index is 2.06. The lowest BCUT2D eigenvalue weighted by atomic mass is 10.1. The van der Waals surface area contributed by atoms with Crippen LogP contribution in [-0.2, 0) is 6.61 Å². The number of carbonyl (C=O) groups excluding carboxylic acids is 1. The van der Waals surface area contributed by atoms with Crippen molar-refractivity contribution in [2.75, 3.05) is 19.5 Å². The van der Waals surface area contributed by atoms with Gasteiger partial charge in [-0.05, 0) is 19.1 Å². The van der Waals surface area contributed by atoms with E-state index in [1.807, 2.05) is 0 Å². The van der Waals surface area contributed by atoms with Crippen molar-refractivity contribution >= 4 is 34.2 Å². The lowest BCUT2D eigenvalue weighted by Gasteiger charge is -2.13. The minimum absolute atomic E-state index is 0.0122. The van der Waals surface area contributed by atoms with E-state index in [-0.39, 0.29) is 22.7 Å². The summed E-state index contributed by atoms with van der Waals surface area (Å²) in [5.41, 5.74) is 1.36. The lowest BCUT2D eigenvalue weighted by Crippen LogP contribution is -2.21. The Hall–Kier alpha value is -3.10. The van der Waals surface area contributed by atoms with E-state index in [1.54, 1.807) is 13.0 Å². The molecule has 0 saturated carbocycles. The van der Waals surface area contributed by atoms with Crippen molar-refractivity contribution in [1.82, 2.24) is 4.98 Å². The first-order valence-electron chi connectivity index (χ1n) is 8.20. The second-order valence-electron chi connectivity index (χ2n) is 5.90. The zero-order chi connectivity index (χ0) is 20.4. The number of hydrogen-bond donors (Lipinski definition) is 3. The number of anilines is 1. The minimum atomic E-state index is -0.589. The van der Waals surface area contributed by atoms with Gasteiger partial charge in [-0.25, -0.2) is 0 Å². The van der Waals surface area contributed by atoms with E-state index in [2.05, 4.69) is 10.3 Å². The molecule has 0 aliphatic rings. The van der Waals surface area contributed by atoms with Crippen LogP contribution in [0.1, 0.15) is 21.6 Å². The number of aromatic nitrogens is 1. The van der Waals surface area contributed by atoms with Crippen LogP contribution in [0.3, 0.4) is 0 Å². The van der Waals surface area contributed by atoms with Gasteiger partial charge in [-0.2, -0.15) is 0 Å². The number of benzene rings is 1. The highest BCUT2D eigenvalue weighted by Crippen LogP contribution is 2.36. The number of amides is 1. The fourth-order valence-corrected chi connectivity index (χ4v) is 2.98. The van der Waals surface area contributed by atoms with Crippen molar-refractivity contribution in [2.45, 2.75) is 13.5 Å². The number of halogens is 1. The van der Waals surface area contributed by atoms with Gasteiger partial charge < -0.3 is 24.3 Å². The van der Waals surface area contributed by atoms with Crippen molar-refractivity contribution in [3.63, 3.8) is 0 Å². The van der Waals surface area contributed by atoms with Crippen LogP contribution in [0.5, 0.6) is 11.5 Å². The highest BCUT2D eigenvalue weighted by molar-refractivity contribution is 6.32. The highest BCUT2D eigenvalue weighted by Gasteiger charge is 2.18. The molecule has 2 heterocycles. The number of aryl methyl sites for hydroxylation is 1. The summed E-state index contributed by atoms with van der Waals surface area (Å²) in [6.45, 7) is 1.44. The first-order chi connectivity index (χ1) is 13.4. The molecule has 0 fully saturated rings. The third-order valence-electron chi connectivity index (χ3n) is 4.21. The van der Waals surface area contributed by atoms with Crippen molar-refractivity contribution in [2.24, 2.45) is 0 Å². The number of ether oxygens (including phenoxy) is 2. The van der Waals surface area contributed by atoms with E-state index in [9.17, 15) is 9.90 Å². The van der Waals surface area contributed by atoms with Crippen LogP contribution < -0.4 is 20.3 Å². The first kappa shape index (κ1) is 19.7. The van der Waals surface area contributed by atoms with Crippen LogP contribution in [0.4, 0.5) is 5.69 Å². The van der Waals surface area contributed by atoms with Gasteiger partial charge in [-0.3, -0.25) is 15.2 Å². The smallest absolute Gasteiger partial charge is 0.261 e. The maximum Gasteiger partial charge on any atom is 0.261 e. The van der Waals surface area contributed by atoms with Gasteiger partial charge in [0.15, 0.2) is 5.58 Å². The zero-order valence-corrected chi connectivity index (χ0v) is 16.2. The molecule has 3 rings (SSSR count). The fourth-order valence-electron chi connectivity index (χ4n) is 2.74. The number of nitrogens with one attached hydrogen (secondary N) is 2. The summed E-state index contributed by atoms with van der Waals surface area (Å²) in [5, 5.41) is 21.1. The molecule has 0 atom stereocenters. The number of hydrogen-bond acceptors (Lipinski definition) is 7. The summed E-state index contributed by atoms with van der Waals surface area (Å²) in [6.07, 6.45) is 1.50. The Kier molecular flexibility index (Phi) is 5.53. The van der Waals surface area contributed by atoms with Crippen LogP contribution in [0.25, 0.3) is 11.0 Å². The molecular formula is C19H18ClN3O5. The normalized spacial score (nSPS) is 10.8. The van der Waals surface area contributed by atoms with Crippen molar-refractivity contribution in [3.05, 3.63) is 51.8 Å². The number of rotatable bonds is 5. The van der Waals surface area contributed by atoms with Crippen LogP contribution >= 0.6 is 11.6 Å². The number of aliphatic hydroxyl groups excluding tert-OH is 1. The van der Waals surface area contributed by atoms with Crippen molar-refractivity contribution < 1.29 is 23.8 Å². The lowest BCUT2D eigenvalue weighted by molar-refractivity contribution is 0.102. The maximum absolute atomic E-state index is 12.8. The average molecular weight is 404 g/mol. The number of fused-ring (bicyclic) bond motifs is 1. The second kappa shape index (κ2) is 7.87. The highest BCUT2D eigenvalue weighted by atomic mass is 35.5. The molecule has 0 aliphatic heterocycles. The van der Waals surface area contributed by atoms with Gasteiger partial charge in [-0.1, -0.05) is 11.6 Å². The van der Waals surface area contributed by atoms with Crippen molar-refractivity contribution in [1.29, 1.82) is 5.41 Å². The summed E-state index contributed by atoms with van der Waals surface area (Å²) in [5.74, 6) is 0.150. The molecule has 2 aromatic heterocycles. The summed E-state index contributed by atoms with van der Waals surface area (Å²) in [7, 11) is 2.92. The molecule has 0 unspecified atom stereocenters. The Labute approximate surface area is 165 Å². The number of carbonyl (C=O) groups is 1. The molecule has 0 aliphatic carbocycles. The summed E-state index contributed by atoms with van der Waals surface area (Å²) < 4.78 is 15.9. The second-order valence-corrected chi connectivity index (χ2v) is 6.31. The van der Waals surface area contributed by atoms with Crippen molar-refractivity contribution in [3.8, 4) is 11.5 Å². The average Bonchev–Trinajstić information content (AvgIpc) is 2.68. The molecule has 0 bridgehead atoms. The van der Waals surface area contributed by atoms with Gasteiger partial charge in [0.1, 0.15) is 17.1 Å². The third-order valence-corrected chi connectivity index (χ3v) is 4.50. The molecule has 1 amide bonds. The molecular weight excluding hydrogens is 386 g/mol. The molecule has 146 valence electrons. The molecule has 3 aromatic rings. The van der Waals surface area contributed by atoms with Gasteiger partial charge in [-0.15, -0.1) is 0 Å².